The van der Waals surface area contributed by atoms with Crippen molar-refractivity contribution in [1.82, 2.24) is 0 Å². The van der Waals surface area contributed by atoms with E-state index in [1.165, 1.54) is 18.7 Å². The monoisotopic (exact) mass is 411 g/mol. The van der Waals surface area contributed by atoms with Gasteiger partial charge in [-0.2, -0.15) is 0 Å². The molecule has 0 amide bonds. The summed E-state index contributed by atoms with van der Waals surface area (Å²) in [5.74, 6) is 0.308. The molecule has 0 atom stereocenters. The Morgan fingerprint density at radius 3 is 2.54 bits per heavy atom. The van der Waals surface area contributed by atoms with Gasteiger partial charge in [-0.15, -0.1) is 0 Å². The van der Waals surface area contributed by atoms with E-state index in [0.29, 0.717) is 15.9 Å². The van der Waals surface area contributed by atoms with Crippen molar-refractivity contribution in [2.75, 3.05) is 11.8 Å². The maximum atomic E-state index is 12.7. The Morgan fingerprint density at radius 1 is 1.17 bits per heavy atom. The minimum Gasteiger partial charge on any atom is -0.495 e. The molecular formula is C18H22BrNO3S. The summed E-state index contributed by atoms with van der Waals surface area (Å²) < 4.78 is 34.0. The van der Waals surface area contributed by atoms with Gasteiger partial charge in [0.15, 0.2) is 0 Å². The number of anilines is 1. The van der Waals surface area contributed by atoms with Crippen molar-refractivity contribution in [1.29, 1.82) is 0 Å². The summed E-state index contributed by atoms with van der Waals surface area (Å²) in [7, 11) is -2.28. The summed E-state index contributed by atoms with van der Waals surface area (Å²) in [5, 5.41) is 0. The number of rotatable bonds is 7. The van der Waals surface area contributed by atoms with Gasteiger partial charge < -0.3 is 4.74 Å². The minimum atomic E-state index is -3.74. The number of aryl methyl sites for hydroxylation is 2. The maximum absolute atomic E-state index is 12.7. The third-order valence-electron chi connectivity index (χ3n) is 3.77. The van der Waals surface area contributed by atoms with Gasteiger partial charge in [-0.1, -0.05) is 41.4 Å². The van der Waals surface area contributed by atoms with E-state index in [9.17, 15) is 8.42 Å². The van der Waals surface area contributed by atoms with Crippen LogP contribution < -0.4 is 9.46 Å². The second-order valence-corrected chi connectivity index (χ2v) is 8.22. The molecule has 0 radical (unpaired) electrons. The van der Waals surface area contributed by atoms with Crippen molar-refractivity contribution in [3.05, 3.63) is 52.0 Å². The van der Waals surface area contributed by atoms with Gasteiger partial charge in [0.2, 0.25) is 0 Å². The zero-order valence-electron chi connectivity index (χ0n) is 14.1. The predicted octanol–water partition coefficient (Wildman–Crippen LogP) is 4.91. The third kappa shape index (κ3) is 4.51. The fourth-order valence-electron chi connectivity index (χ4n) is 2.44. The number of unbranched alkanes of at least 4 members (excludes halogenated alkanes) is 1. The van der Waals surface area contributed by atoms with Gasteiger partial charge in [0.1, 0.15) is 10.6 Å². The molecule has 0 aliphatic carbocycles. The highest BCUT2D eigenvalue weighted by molar-refractivity contribution is 9.10. The Hall–Kier alpha value is -1.53. The van der Waals surface area contributed by atoms with Gasteiger partial charge in [-0.3, -0.25) is 4.72 Å². The highest BCUT2D eigenvalue weighted by Crippen LogP contribution is 2.29. The van der Waals surface area contributed by atoms with Crippen molar-refractivity contribution >= 4 is 31.6 Å². The zero-order valence-corrected chi connectivity index (χ0v) is 16.5. The van der Waals surface area contributed by atoms with Crippen LogP contribution in [-0.2, 0) is 16.4 Å². The Balaban J connectivity index is 2.31. The summed E-state index contributed by atoms with van der Waals surface area (Å²) >= 11 is 3.30. The van der Waals surface area contributed by atoms with Crippen LogP contribution in [0.15, 0.2) is 45.8 Å². The van der Waals surface area contributed by atoms with Crippen LogP contribution in [-0.4, -0.2) is 15.5 Å². The number of benzene rings is 2. The average molecular weight is 412 g/mol. The highest BCUT2D eigenvalue weighted by Gasteiger charge is 2.20. The quantitative estimate of drug-likeness (QED) is 0.703. The fraction of sp³-hybridized carbons (Fsp3) is 0.333. The Kier molecular flexibility index (Phi) is 6.29. The lowest BCUT2D eigenvalue weighted by Gasteiger charge is -2.14. The molecule has 130 valence electrons. The molecule has 24 heavy (non-hydrogen) atoms. The largest absolute Gasteiger partial charge is 0.495 e. The molecule has 0 aliphatic heterocycles. The van der Waals surface area contributed by atoms with Crippen LogP contribution in [0.3, 0.4) is 0 Å². The molecular weight excluding hydrogens is 390 g/mol. The van der Waals surface area contributed by atoms with E-state index < -0.39 is 10.0 Å². The maximum Gasteiger partial charge on any atom is 0.265 e. The van der Waals surface area contributed by atoms with Crippen molar-refractivity contribution in [3.8, 4) is 5.75 Å². The van der Waals surface area contributed by atoms with Crippen molar-refractivity contribution in [2.24, 2.45) is 0 Å². The Morgan fingerprint density at radius 2 is 1.92 bits per heavy atom. The van der Waals surface area contributed by atoms with E-state index in [2.05, 4.69) is 27.6 Å². The van der Waals surface area contributed by atoms with Crippen LogP contribution >= 0.6 is 15.9 Å². The lowest BCUT2D eigenvalue weighted by molar-refractivity contribution is 0.403. The number of hydrogen-bond acceptors (Lipinski definition) is 3. The van der Waals surface area contributed by atoms with E-state index in [-0.39, 0.29) is 4.90 Å². The molecule has 0 aromatic heterocycles. The first-order valence-corrected chi connectivity index (χ1v) is 10.1. The average Bonchev–Trinajstić information content (AvgIpc) is 2.55. The molecule has 2 aromatic carbocycles. The number of sulfonamides is 1. The van der Waals surface area contributed by atoms with Gasteiger partial charge in [0.25, 0.3) is 10.0 Å². The summed E-state index contributed by atoms with van der Waals surface area (Å²) in [6.45, 7) is 4.06. The molecule has 1 N–H and O–H groups in total. The third-order valence-corrected chi connectivity index (χ3v) is 5.65. The van der Waals surface area contributed by atoms with Gasteiger partial charge in [0, 0.05) is 4.47 Å². The molecule has 4 nitrogen and oxygen atoms in total. The molecule has 2 rings (SSSR count). The second kappa shape index (κ2) is 8.03. The first-order chi connectivity index (χ1) is 11.4. The number of nitrogens with one attached hydrogen (secondary N) is 1. The SMILES string of the molecule is CCCCc1ccc(NS(=O)(=O)c2cc(Br)ccc2OC)c(C)c1. The number of halogens is 1. The number of ether oxygens (including phenoxy) is 1. The van der Waals surface area contributed by atoms with E-state index in [0.717, 1.165) is 24.8 Å². The Bertz CT molecular complexity index is 819. The van der Waals surface area contributed by atoms with E-state index >= 15 is 0 Å². The number of hydrogen-bond donors (Lipinski definition) is 1. The van der Waals surface area contributed by atoms with Crippen LogP contribution in [0, 0.1) is 6.92 Å². The molecule has 0 aliphatic rings. The smallest absolute Gasteiger partial charge is 0.265 e. The Labute approximate surface area is 152 Å². The zero-order chi connectivity index (χ0) is 17.7. The second-order valence-electron chi connectivity index (χ2n) is 5.65. The standard InChI is InChI=1S/C18H22BrNO3S/c1-4-5-6-14-7-9-16(13(2)11-14)20-24(21,22)18-12-15(19)8-10-17(18)23-3/h7-12,20H,4-6H2,1-3H3. The molecule has 0 heterocycles. The van der Waals surface area contributed by atoms with Crippen LogP contribution in [0.25, 0.3) is 0 Å². The first-order valence-electron chi connectivity index (χ1n) is 7.83. The minimum absolute atomic E-state index is 0.105. The predicted molar refractivity (Wildman–Crippen MR) is 101 cm³/mol. The first kappa shape index (κ1) is 18.8. The lowest BCUT2D eigenvalue weighted by Crippen LogP contribution is -2.15. The van der Waals surface area contributed by atoms with Gasteiger partial charge >= 0.3 is 0 Å². The van der Waals surface area contributed by atoms with Crippen LogP contribution in [0.5, 0.6) is 5.75 Å². The van der Waals surface area contributed by atoms with E-state index in [4.69, 9.17) is 4.74 Å². The fourth-order valence-corrected chi connectivity index (χ4v) is 4.28. The van der Waals surface area contributed by atoms with Crippen molar-refractivity contribution in [2.45, 2.75) is 38.0 Å². The molecule has 0 saturated carbocycles. The molecule has 6 heteroatoms. The topological polar surface area (TPSA) is 55.4 Å². The van der Waals surface area contributed by atoms with Crippen molar-refractivity contribution in [3.63, 3.8) is 0 Å². The van der Waals surface area contributed by atoms with Gasteiger partial charge in [-0.25, -0.2) is 8.42 Å². The summed E-state index contributed by atoms with van der Waals surface area (Å²) in [6, 6.07) is 10.7. The van der Waals surface area contributed by atoms with Crippen LogP contribution in [0.4, 0.5) is 5.69 Å². The molecule has 0 unspecified atom stereocenters. The summed E-state index contributed by atoms with van der Waals surface area (Å²) in [5.41, 5.74) is 2.70. The molecule has 0 bridgehead atoms. The van der Waals surface area contributed by atoms with E-state index in [1.54, 1.807) is 12.1 Å². The van der Waals surface area contributed by atoms with Gasteiger partial charge in [-0.05, 0) is 55.2 Å². The number of methoxy groups -OCH3 is 1. The molecule has 0 fully saturated rings. The molecule has 0 saturated heterocycles. The van der Waals surface area contributed by atoms with Crippen LogP contribution in [0.2, 0.25) is 0 Å². The lowest BCUT2D eigenvalue weighted by atomic mass is 10.1. The molecule has 0 spiro atoms. The van der Waals surface area contributed by atoms with E-state index in [1.807, 2.05) is 25.1 Å². The summed E-state index contributed by atoms with van der Waals surface area (Å²) in [4.78, 5) is 0.105. The normalized spacial score (nSPS) is 11.3. The van der Waals surface area contributed by atoms with Crippen LogP contribution in [0.1, 0.15) is 30.9 Å². The van der Waals surface area contributed by atoms with Crippen molar-refractivity contribution < 1.29 is 13.2 Å². The van der Waals surface area contributed by atoms with Gasteiger partial charge in [0.05, 0.1) is 12.8 Å². The molecule has 2 aromatic rings. The highest BCUT2D eigenvalue weighted by atomic mass is 79.9. The summed E-state index contributed by atoms with van der Waals surface area (Å²) in [6.07, 6.45) is 3.26.